The highest BCUT2D eigenvalue weighted by Crippen LogP contribution is 2.38. The van der Waals surface area contributed by atoms with Gasteiger partial charge in [-0.15, -0.1) is 0 Å². The highest BCUT2D eigenvalue weighted by Gasteiger charge is 2.42. The Labute approximate surface area is 209 Å². The maximum atomic E-state index is 14.1. The van der Waals surface area contributed by atoms with E-state index in [-0.39, 0.29) is 35.9 Å². The summed E-state index contributed by atoms with van der Waals surface area (Å²) in [7, 11) is 0. The fraction of sp³-hybridized carbons (Fsp3) is 0.462. The summed E-state index contributed by atoms with van der Waals surface area (Å²) in [5.74, 6) is -0.976. The zero-order valence-electron chi connectivity index (χ0n) is 20.1. The quantitative estimate of drug-likeness (QED) is 0.488. The van der Waals surface area contributed by atoms with Gasteiger partial charge in [0, 0.05) is 62.7 Å². The van der Waals surface area contributed by atoms with E-state index in [9.17, 15) is 24.1 Å². The minimum atomic E-state index is -0.490. The average molecular weight is 496 g/mol. The van der Waals surface area contributed by atoms with Crippen LogP contribution in [0, 0.1) is 21.8 Å². The third kappa shape index (κ3) is 4.90. The van der Waals surface area contributed by atoms with Crippen LogP contribution in [0.5, 0.6) is 0 Å². The molecule has 0 spiro atoms. The van der Waals surface area contributed by atoms with Crippen LogP contribution >= 0.6 is 0 Å². The van der Waals surface area contributed by atoms with Crippen molar-refractivity contribution < 1.29 is 18.9 Å². The summed E-state index contributed by atoms with van der Waals surface area (Å²) < 4.78 is 14.1. The fourth-order valence-corrected chi connectivity index (χ4v) is 5.64. The molecule has 0 aliphatic carbocycles. The van der Waals surface area contributed by atoms with Crippen LogP contribution in [0.2, 0.25) is 0 Å². The van der Waals surface area contributed by atoms with E-state index in [0.29, 0.717) is 38.2 Å². The number of rotatable bonds is 6. The molecule has 2 saturated heterocycles. The molecule has 0 bridgehead atoms. The number of non-ortho nitro benzene ring substituents is 1. The second-order valence-electron chi connectivity index (χ2n) is 9.77. The summed E-state index contributed by atoms with van der Waals surface area (Å²) in [6.07, 6.45) is 2.42. The van der Waals surface area contributed by atoms with Crippen molar-refractivity contribution in [3.05, 3.63) is 69.5 Å². The van der Waals surface area contributed by atoms with Gasteiger partial charge in [0.2, 0.25) is 11.8 Å². The number of nitro benzene ring substituents is 1. The van der Waals surface area contributed by atoms with Gasteiger partial charge < -0.3 is 15.1 Å². The number of carbonyl (C=O) groups is 2. The van der Waals surface area contributed by atoms with Crippen molar-refractivity contribution >= 4 is 23.2 Å². The molecule has 3 aliphatic heterocycles. The van der Waals surface area contributed by atoms with Gasteiger partial charge >= 0.3 is 0 Å². The molecule has 2 fully saturated rings. The Bertz CT molecular complexity index is 1170. The monoisotopic (exact) mass is 495 g/mol. The van der Waals surface area contributed by atoms with Crippen LogP contribution in [0.3, 0.4) is 0 Å². The van der Waals surface area contributed by atoms with E-state index in [2.05, 4.69) is 15.1 Å². The van der Waals surface area contributed by atoms with Gasteiger partial charge in [-0.25, -0.2) is 4.39 Å². The molecular formula is C26H30FN5O4. The van der Waals surface area contributed by atoms with Gasteiger partial charge in [-0.1, -0.05) is 18.2 Å². The third-order valence-electron chi connectivity index (χ3n) is 7.56. The predicted molar refractivity (Wildman–Crippen MR) is 132 cm³/mol. The molecular weight excluding hydrogens is 465 g/mol. The van der Waals surface area contributed by atoms with Crippen LogP contribution in [0.1, 0.15) is 24.0 Å². The number of hydrogen-bond acceptors (Lipinski definition) is 6. The molecule has 3 aliphatic rings. The number of carbonyl (C=O) groups excluding carboxylic acids is 2. The lowest BCUT2D eigenvalue weighted by Gasteiger charge is -2.49. The number of benzene rings is 2. The van der Waals surface area contributed by atoms with Gasteiger partial charge in [-0.05, 0) is 37.0 Å². The zero-order valence-corrected chi connectivity index (χ0v) is 20.1. The Kier molecular flexibility index (Phi) is 6.86. The van der Waals surface area contributed by atoms with Gasteiger partial charge in [0.25, 0.3) is 5.69 Å². The fourth-order valence-electron chi connectivity index (χ4n) is 5.64. The Morgan fingerprint density at radius 3 is 2.61 bits per heavy atom. The summed E-state index contributed by atoms with van der Waals surface area (Å²) in [5.41, 5.74) is 2.05. The number of amides is 2. The first-order valence-corrected chi connectivity index (χ1v) is 12.5. The highest BCUT2D eigenvalue weighted by atomic mass is 19.1. The van der Waals surface area contributed by atoms with E-state index in [1.807, 2.05) is 4.90 Å². The van der Waals surface area contributed by atoms with Crippen LogP contribution in [0.4, 0.5) is 15.8 Å². The van der Waals surface area contributed by atoms with Crippen LogP contribution in [-0.4, -0.2) is 71.8 Å². The summed E-state index contributed by atoms with van der Waals surface area (Å²) in [6.45, 7) is 3.79. The summed E-state index contributed by atoms with van der Waals surface area (Å²) in [4.78, 5) is 43.3. The van der Waals surface area contributed by atoms with Gasteiger partial charge in [-0.2, -0.15) is 0 Å². The molecule has 9 nitrogen and oxygen atoms in total. The molecule has 2 aromatic rings. The standard InChI is InChI=1S/C26H30FN5O4/c27-22-6-2-1-5-18(22)15-28-26(34)21-14-19-13-20(32(35)36)7-8-23(19)31-12-11-29(16-24(21)31)17-25(33)30-9-3-4-10-30/h1-2,5-8,13,21,24H,3-4,9-12,14-17H2,(H,28,34). The van der Waals surface area contributed by atoms with Crippen molar-refractivity contribution in [2.45, 2.75) is 31.8 Å². The lowest BCUT2D eigenvalue weighted by molar-refractivity contribution is -0.384. The number of halogens is 1. The number of nitrogens with zero attached hydrogens (tertiary/aromatic N) is 4. The average Bonchev–Trinajstić information content (AvgIpc) is 3.42. The van der Waals surface area contributed by atoms with Gasteiger partial charge in [0.15, 0.2) is 0 Å². The van der Waals surface area contributed by atoms with E-state index < -0.39 is 10.8 Å². The lowest BCUT2D eigenvalue weighted by Crippen LogP contribution is -2.62. The van der Waals surface area contributed by atoms with Crippen molar-refractivity contribution in [2.24, 2.45) is 5.92 Å². The molecule has 3 heterocycles. The van der Waals surface area contributed by atoms with E-state index in [1.165, 1.54) is 12.1 Å². The molecule has 2 amide bonds. The maximum absolute atomic E-state index is 14.1. The molecule has 0 saturated carbocycles. The minimum Gasteiger partial charge on any atom is -0.365 e. The first kappa shape index (κ1) is 24.2. The first-order chi connectivity index (χ1) is 17.4. The molecule has 190 valence electrons. The van der Waals surface area contributed by atoms with E-state index in [4.69, 9.17) is 0 Å². The second kappa shape index (κ2) is 10.2. The number of nitrogens with one attached hydrogen (secondary N) is 1. The molecule has 0 aromatic heterocycles. The normalized spacial score (nSPS) is 21.6. The molecule has 1 N–H and O–H groups in total. The molecule has 0 radical (unpaired) electrons. The zero-order chi connectivity index (χ0) is 25.2. The number of likely N-dealkylation sites (tertiary alicyclic amines) is 1. The molecule has 2 atom stereocenters. The number of hydrogen-bond donors (Lipinski definition) is 1. The molecule has 2 unspecified atom stereocenters. The van der Waals surface area contributed by atoms with Crippen molar-refractivity contribution in [3.63, 3.8) is 0 Å². The van der Waals surface area contributed by atoms with Gasteiger partial charge in [0.05, 0.1) is 23.4 Å². The Hall–Kier alpha value is -3.53. The summed E-state index contributed by atoms with van der Waals surface area (Å²) in [5, 5.41) is 14.2. The van der Waals surface area contributed by atoms with Crippen LogP contribution in [0.25, 0.3) is 0 Å². The smallest absolute Gasteiger partial charge is 0.269 e. The Morgan fingerprint density at radius 1 is 1.08 bits per heavy atom. The summed E-state index contributed by atoms with van der Waals surface area (Å²) in [6, 6.07) is 10.9. The minimum absolute atomic E-state index is 0.00689. The molecule has 36 heavy (non-hydrogen) atoms. The van der Waals surface area contributed by atoms with Crippen LogP contribution in [0.15, 0.2) is 42.5 Å². The maximum Gasteiger partial charge on any atom is 0.269 e. The Balaban J connectivity index is 1.36. The van der Waals surface area contributed by atoms with Gasteiger partial charge in [0.1, 0.15) is 5.82 Å². The largest absolute Gasteiger partial charge is 0.365 e. The Morgan fingerprint density at radius 2 is 1.86 bits per heavy atom. The van der Waals surface area contributed by atoms with Crippen molar-refractivity contribution in [1.29, 1.82) is 0 Å². The van der Waals surface area contributed by atoms with Crippen molar-refractivity contribution in [1.82, 2.24) is 15.1 Å². The highest BCUT2D eigenvalue weighted by molar-refractivity contribution is 5.82. The van der Waals surface area contributed by atoms with Crippen molar-refractivity contribution in [3.8, 4) is 0 Å². The van der Waals surface area contributed by atoms with Crippen LogP contribution < -0.4 is 10.2 Å². The topological polar surface area (TPSA) is 99.0 Å². The van der Waals surface area contributed by atoms with E-state index in [1.54, 1.807) is 30.3 Å². The summed E-state index contributed by atoms with van der Waals surface area (Å²) >= 11 is 0. The third-order valence-corrected chi connectivity index (χ3v) is 7.56. The molecule has 5 rings (SSSR count). The lowest BCUT2D eigenvalue weighted by atomic mass is 9.83. The number of nitro groups is 1. The molecule has 2 aromatic carbocycles. The van der Waals surface area contributed by atoms with E-state index >= 15 is 0 Å². The number of piperazine rings is 1. The SMILES string of the molecule is O=C(NCc1ccccc1F)C1Cc2cc([N+](=O)[O-])ccc2N2CCN(CC(=O)N3CCCC3)CC12. The first-order valence-electron chi connectivity index (χ1n) is 12.5. The van der Waals surface area contributed by atoms with Gasteiger partial charge in [-0.3, -0.25) is 24.6 Å². The van der Waals surface area contributed by atoms with E-state index in [0.717, 1.165) is 37.2 Å². The van der Waals surface area contributed by atoms with Crippen LogP contribution in [-0.2, 0) is 22.6 Å². The van der Waals surface area contributed by atoms with Crippen molar-refractivity contribution in [2.75, 3.05) is 44.2 Å². The molecule has 10 heteroatoms. The number of fused-ring (bicyclic) bond motifs is 3. The number of anilines is 1. The predicted octanol–water partition coefficient (Wildman–Crippen LogP) is 2.34. The second-order valence-corrected chi connectivity index (χ2v) is 9.77.